The van der Waals surface area contributed by atoms with Gasteiger partial charge in [-0.15, -0.1) is 0 Å². The quantitative estimate of drug-likeness (QED) is 0.0969. The van der Waals surface area contributed by atoms with Gasteiger partial charge in [-0.3, -0.25) is 4.79 Å². The first-order chi connectivity index (χ1) is 18.3. The van der Waals surface area contributed by atoms with Crippen molar-refractivity contribution in [2.24, 2.45) is 10.2 Å². The summed E-state index contributed by atoms with van der Waals surface area (Å²) in [6, 6.07) is 18.8. The van der Waals surface area contributed by atoms with Crippen molar-refractivity contribution in [3.8, 4) is 0 Å². The van der Waals surface area contributed by atoms with E-state index in [9.17, 15) is 15.9 Å². The molecule has 0 radical (unpaired) electrons. The van der Waals surface area contributed by atoms with E-state index in [4.69, 9.17) is 0 Å². The second-order valence-corrected chi connectivity index (χ2v) is 9.77. The first-order valence-corrected chi connectivity index (χ1v) is 12.4. The molecule has 0 aliphatic rings. The number of hydrogen-bond acceptors (Lipinski definition) is 5. The number of hydrogen-bond donors (Lipinski definition) is 0. The summed E-state index contributed by atoms with van der Waals surface area (Å²) in [5.74, 6) is -0.0973. The molecule has 38 heavy (non-hydrogen) atoms. The van der Waals surface area contributed by atoms with Gasteiger partial charge in [0.05, 0.1) is 0 Å². The SMILES string of the molecule is CN(C)CCc1cc(N=[N+]=[N-])c2ccccc2c1C(=O)c1c(CCN(C)C)cc(N=[N+]=[N-])c2ccccc12. The summed E-state index contributed by atoms with van der Waals surface area (Å²) in [6.07, 6.45) is 1.21. The predicted octanol–water partition coefficient (Wildman–Crippen LogP) is 7.32. The Morgan fingerprint density at radius 2 is 1.05 bits per heavy atom. The van der Waals surface area contributed by atoms with Gasteiger partial charge in [0, 0.05) is 45.4 Å². The number of azide groups is 2. The molecule has 0 fully saturated rings. The lowest BCUT2D eigenvalue weighted by Gasteiger charge is -2.20. The van der Waals surface area contributed by atoms with Crippen molar-refractivity contribution in [1.29, 1.82) is 0 Å². The molecule has 0 aromatic heterocycles. The van der Waals surface area contributed by atoms with Gasteiger partial charge in [-0.25, -0.2) is 0 Å². The van der Waals surface area contributed by atoms with Gasteiger partial charge in [0.15, 0.2) is 5.78 Å². The van der Waals surface area contributed by atoms with E-state index in [0.717, 1.165) is 45.8 Å². The van der Waals surface area contributed by atoms with Crippen molar-refractivity contribution >= 4 is 38.7 Å². The van der Waals surface area contributed by atoms with E-state index < -0.39 is 0 Å². The van der Waals surface area contributed by atoms with Crippen LogP contribution in [0.3, 0.4) is 0 Å². The third kappa shape index (κ3) is 5.47. The monoisotopic (exact) mass is 506 g/mol. The molecule has 0 aliphatic heterocycles. The van der Waals surface area contributed by atoms with Crippen molar-refractivity contribution in [3.63, 3.8) is 0 Å². The minimum absolute atomic E-state index is 0.0973. The maximum Gasteiger partial charge on any atom is 0.194 e. The Hall–Kier alpha value is -4.39. The summed E-state index contributed by atoms with van der Waals surface area (Å²) < 4.78 is 0. The van der Waals surface area contributed by atoms with Crippen molar-refractivity contribution < 1.29 is 4.79 Å². The van der Waals surface area contributed by atoms with Crippen molar-refractivity contribution in [2.75, 3.05) is 41.3 Å². The third-order valence-corrected chi connectivity index (χ3v) is 6.62. The molecule has 0 atom stereocenters. The van der Waals surface area contributed by atoms with E-state index in [0.29, 0.717) is 35.3 Å². The fraction of sp³-hybridized carbons (Fsp3) is 0.276. The van der Waals surface area contributed by atoms with Crippen LogP contribution < -0.4 is 0 Å². The third-order valence-electron chi connectivity index (χ3n) is 6.62. The summed E-state index contributed by atoms with van der Waals surface area (Å²) in [4.78, 5) is 24.9. The first-order valence-electron chi connectivity index (χ1n) is 12.4. The summed E-state index contributed by atoms with van der Waals surface area (Å²) in [5.41, 5.74) is 22.3. The fourth-order valence-corrected chi connectivity index (χ4v) is 4.83. The number of carbonyl (C=O) groups excluding carboxylic acids is 1. The lowest BCUT2D eigenvalue weighted by molar-refractivity contribution is 0.104. The second kappa shape index (κ2) is 11.8. The van der Waals surface area contributed by atoms with Crippen LogP contribution in [-0.4, -0.2) is 56.9 Å². The molecule has 9 heteroatoms. The molecule has 0 aliphatic carbocycles. The van der Waals surface area contributed by atoms with E-state index in [1.54, 1.807) is 0 Å². The lowest BCUT2D eigenvalue weighted by atomic mass is 9.85. The van der Waals surface area contributed by atoms with Crippen LogP contribution in [-0.2, 0) is 12.8 Å². The van der Waals surface area contributed by atoms with E-state index in [1.165, 1.54) is 0 Å². The van der Waals surface area contributed by atoms with Gasteiger partial charge < -0.3 is 9.80 Å². The molecular weight excluding hydrogens is 476 g/mol. The van der Waals surface area contributed by atoms with Gasteiger partial charge in [-0.1, -0.05) is 58.8 Å². The van der Waals surface area contributed by atoms with Crippen LogP contribution in [0.4, 0.5) is 11.4 Å². The van der Waals surface area contributed by atoms with Crippen LogP contribution >= 0.6 is 0 Å². The van der Waals surface area contributed by atoms with Crippen LogP contribution in [0.1, 0.15) is 27.0 Å². The van der Waals surface area contributed by atoms with E-state index in [1.807, 2.05) is 88.9 Å². The normalized spacial score (nSPS) is 11.1. The molecule has 9 nitrogen and oxygen atoms in total. The fourth-order valence-electron chi connectivity index (χ4n) is 4.83. The van der Waals surface area contributed by atoms with Crippen LogP contribution in [0.2, 0.25) is 0 Å². The Kier molecular flexibility index (Phi) is 8.26. The molecule has 0 bridgehead atoms. The molecule has 0 saturated heterocycles. The maximum atomic E-state index is 14.7. The van der Waals surface area contributed by atoms with Gasteiger partial charge in [-0.2, -0.15) is 0 Å². The molecule has 192 valence electrons. The van der Waals surface area contributed by atoms with Gasteiger partial charge in [0.2, 0.25) is 0 Å². The van der Waals surface area contributed by atoms with Crippen molar-refractivity contribution in [2.45, 2.75) is 12.8 Å². The lowest BCUT2D eigenvalue weighted by Crippen LogP contribution is -2.19. The standard InChI is InChI=1S/C29H30N8O/c1-36(2)15-13-19-17-25(32-34-30)21-9-5-7-11-23(21)27(19)29(38)28-20(14-16-37(3)4)18-26(33-35-31)22-10-6-8-12-24(22)28/h5-12,17-18H,13-16H2,1-4H3. The highest BCUT2D eigenvalue weighted by atomic mass is 16.1. The highest BCUT2D eigenvalue weighted by molar-refractivity contribution is 6.24. The minimum atomic E-state index is -0.0973. The number of ketones is 1. The van der Waals surface area contributed by atoms with Crippen LogP contribution in [0.5, 0.6) is 0 Å². The van der Waals surface area contributed by atoms with E-state index in [2.05, 4.69) is 29.9 Å². The second-order valence-electron chi connectivity index (χ2n) is 9.77. The molecule has 0 N–H and O–H groups in total. The molecule has 4 aromatic rings. The molecule has 4 aromatic carbocycles. The number of likely N-dealkylation sites (N-methyl/N-ethyl adjacent to an activating group) is 2. The van der Waals surface area contributed by atoms with Crippen LogP contribution in [0.15, 0.2) is 70.9 Å². The van der Waals surface area contributed by atoms with E-state index in [-0.39, 0.29) is 5.78 Å². The zero-order valence-corrected chi connectivity index (χ0v) is 22.1. The Labute approximate surface area is 221 Å². The summed E-state index contributed by atoms with van der Waals surface area (Å²) >= 11 is 0. The summed E-state index contributed by atoms with van der Waals surface area (Å²) in [7, 11) is 7.94. The highest BCUT2D eigenvalue weighted by Gasteiger charge is 2.24. The first kappa shape index (κ1) is 26.7. The average Bonchev–Trinajstić information content (AvgIpc) is 2.90. The summed E-state index contributed by atoms with van der Waals surface area (Å²) in [5, 5.41) is 10.8. The van der Waals surface area contributed by atoms with Crippen molar-refractivity contribution in [3.05, 3.63) is 104 Å². The smallest absolute Gasteiger partial charge is 0.194 e. The zero-order chi connectivity index (χ0) is 27.2. The summed E-state index contributed by atoms with van der Waals surface area (Å²) in [6.45, 7) is 1.44. The van der Waals surface area contributed by atoms with Crippen LogP contribution in [0, 0.1) is 0 Å². The Morgan fingerprint density at radius 1 is 0.684 bits per heavy atom. The van der Waals surface area contributed by atoms with Crippen molar-refractivity contribution in [1.82, 2.24) is 9.80 Å². The Bertz CT molecular complexity index is 1490. The molecule has 0 unspecified atom stereocenters. The molecule has 0 spiro atoms. The molecule has 0 saturated carbocycles. The average molecular weight is 507 g/mol. The van der Waals surface area contributed by atoms with E-state index >= 15 is 0 Å². The zero-order valence-electron chi connectivity index (χ0n) is 22.1. The number of nitrogens with zero attached hydrogens (tertiary/aromatic N) is 8. The Morgan fingerprint density at radius 3 is 1.39 bits per heavy atom. The number of carbonyl (C=O) groups is 1. The number of benzene rings is 4. The van der Waals surface area contributed by atoms with Gasteiger partial charge in [0.1, 0.15) is 0 Å². The van der Waals surface area contributed by atoms with Gasteiger partial charge >= 0.3 is 0 Å². The molecule has 0 amide bonds. The number of rotatable bonds is 10. The molecule has 4 rings (SSSR count). The largest absolute Gasteiger partial charge is 0.309 e. The maximum absolute atomic E-state index is 14.7. The molecular formula is C29H30N8O. The van der Waals surface area contributed by atoms with Gasteiger partial charge in [0.25, 0.3) is 0 Å². The molecule has 0 heterocycles. The topological polar surface area (TPSA) is 121 Å². The highest BCUT2D eigenvalue weighted by Crippen LogP contribution is 2.38. The predicted molar refractivity (Wildman–Crippen MR) is 153 cm³/mol. The minimum Gasteiger partial charge on any atom is -0.309 e. The Balaban J connectivity index is 2.07. The van der Waals surface area contributed by atoms with Crippen LogP contribution in [0.25, 0.3) is 42.4 Å². The van der Waals surface area contributed by atoms with Gasteiger partial charge in [-0.05, 0) is 96.9 Å². The number of fused-ring (bicyclic) bond motifs is 2.